The van der Waals surface area contributed by atoms with Crippen molar-refractivity contribution in [1.29, 1.82) is 0 Å². The van der Waals surface area contributed by atoms with Crippen molar-refractivity contribution in [3.05, 3.63) is 71.8 Å². The van der Waals surface area contributed by atoms with Crippen molar-refractivity contribution in [3.8, 4) is 0 Å². The van der Waals surface area contributed by atoms with Crippen LogP contribution in [0.1, 0.15) is 17.2 Å². The molecule has 2 aromatic rings. The average Bonchev–Trinajstić information content (AvgIpc) is 2.61. The summed E-state index contributed by atoms with van der Waals surface area (Å²) in [6.07, 6.45) is 0. The largest absolute Gasteiger partial charge is 0.314 e. The lowest BCUT2D eigenvalue weighted by Gasteiger charge is -2.28. The fourth-order valence-corrected chi connectivity index (χ4v) is 3.02. The zero-order chi connectivity index (χ0) is 15.0. The Bertz CT molecular complexity index is 496. The molecule has 3 rings (SSSR count). The van der Waals surface area contributed by atoms with E-state index < -0.39 is 0 Å². The first-order valence-electron chi connectivity index (χ1n) is 8.20. The minimum atomic E-state index is 0.269. The highest BCUT2D eigenvalue weighted by atomic mass is 15.2. The molecular formula is C19H25N3. The van der Waals surface area contributed by atoms with Crippen LogP contribution in [0.25, 0.3) is 0 Å². The SMILES string of the molecule is c1ccc(C(NCCN2CCNCC2)c2ccccc2)cc1. The first-order valence-corrected chi connectivity index (χ1v) is 8.20. The molecule has 0 saturated carbocycles. The van der Waals surface area contributed by atoms with Crippen molar-refractivity contribution in [1.82, 2.24) is 15.5 Å². The maximum atomic E-state index is 3.74. The summed E-state index contributed by atoms with van der Waals surface area (Å²) in [5, 5.41) is 7.14. The van der Waals surface area contributed by atoms with Gasteiger partial charge in [0.2, 0.25) is 0 Å². The van der Waals surface area contributed by atoms with Crippen LogP contribution in [0.3, 0.4) is 0 Å². The van der Waals surface area contributed by atoms with E-state index in [4.69, 9.17) is 0 Å². The number of hydrogen-bond acceptors (Lipinski definition) is 3. The number of hydrogen-bond donors (Lipinski definition) is 2. The predicted octanol–water partition coefficient (Wildman–Crippen LogP) is 2.27. The molecule has 1 heterocycles. The van der Waals surface area contributed by atoms with Crippen LogP contribution in [-0.4, -0.2) is 44.2 Å². The van der Waals surface area contributed by atoms with Gasteiger partial charge < -0.3 is 10.6 Å². The monoisotopic (exact) mass is 295 g/mol. The summed E-state index contributed by atoms with van der Waals surface area (Å²) >= 11 is 0. The first-order chi connectivity index (χ1) is 10.9. The van der Waals surface area contributed by atoms with Crippen LogP contribution in [0, 0.1) is 0 Å². The Labute approximate surface area is 133 Å². The number of nitrogens with one attached hydrogen (secondary N) is 2. The molecule has 0 bridgehead atoms. The average molecular weight is 295 g/mol. The van der Waals surface area contributed by atoms with Gasteiger partial charge in [-0.3, -0.25) is 4.90 Å². The van der Waals surface area contributed by atoms with Crippen molar-refractivity contribution < 1.29 is 0 Å². The van der Waals surface area contributed by atoms with Crippen LogP contribution in [0.5, 0.6) is 0 Å². The van der Waals surface area contributed by atoms with Crippen molar-refractivity contribution in [2.75, 3.05) is 39.3 Å². The number of benzene rings is 2. The van der Waals surface area contributed by atoms with Crippen LogP contribution >= 0.6 is 0 Å². The van der Waals surface area contributed by atoms with Gasteiger partial charge in [-0.25, -0.2) is 0 Å². The van der Waals surface area contributed by atoms with Gasteiger partial charge in [-0.1, -0.05) is 60.7 Å². The summed E-state index contributed by atoms with van der Waals surface area (Å²) in [7, 11) is 0. The molecule has 1 aliphatic rings. The Balaban J connectivity index is 1.64. The van der Waals surface area contributed by atoms with Gasteiger partial charge >= 0.3 is 0 Å². The third-order valence-corrected chi connectivity index (χ3v) is 4.25. The van der Waals surface area contributed by atoms with E-state index in [0.717, 1.165) is 39.3 Å². The Morgan fingerprint density at radius 3 is 1.95 bits per heavy atom. The number of rotatable bonds is 6. The summed E-state index contributed by atoms with van der Waals surface area (Å²) < 4.78 is 0. The predicted molar refractivity (Wildman–Crippen MR) is 92.0 cm³/mol. The van der Waals surface area contributed by atoms with Gasteiger partial charge in [0.15, 0.2) is 0 Å². The molecule has 0 aliphatic carbocycles. The maximum absolute atomic E-state index is 3.74. The zero-order valence-electron chi connectivity index (χ0n) is 13.0. The molecule has 22 heavy (non-hydrogen) atoms. The van der Waals surface area contributed by atoms with Crippen LogP contribution in [-0.2, 0) is 0 Å². The van der Waals surface area contributed by atoms with Gasteiger partial charge in [0, 0.05) is 39.3 Å². The molecule has 2 aromatic carbocycles. The summed E-state index contributed by atoms with van der Waals surface area (Å²) in [5.41, 5.74) is 2.66. The summed E-state index contributed by atoms with van der Waals surface area (Å²) in [4.78, 5) is 2.52. The van der Waals surface area contributed by atoms with E-state index in [9.17, 15) is 0 Å². The molecule has 0 spiro atoms. The van der Waals surface area contributed by atoms with E-state index in [2.05, 4.69) is 76.2 Å². The van der Waals surface area contributed by atoms with Gasteiger partial charge in [-0.2, -0.15) is 0 Å². The summed E-state index contributed by atoms with van der Waals surface area (Å²) in [6.45, 7) is 6.65. The van der Waals surface area contributed by atoms with E-state index in [1.165, 1.54) is 11.1 Å². The van der Waals surface area contributed by atoms with Crippen molar-refractivity contribution >= 4 is 0 Å². The second kappa shape index (κ2) is 8.08. The van der Waals surface area contributed by atoms with Crippen LogP contribution in [0.15, 0.2) is 60.7 Å². The third-order valence-electron chi connectivity index (χ3n) is 4.25. The molecule has 2 N–H and O–H groups in total. The van der Waals surface area contributed by atoms with Gasteiger partial charge in [0.25, 0.3) is 0 Å². The Morgan fingerprint density at radius 2 is 1.41 bits per heavy atom. The molecule has 3 nitrogen and oxygen atoms in total. The molecule has 116 valence electrons. The minimum Gasteiger partial charge on any atom is -0.314 e. The van der Waals surface area contributed by atoms with Gasteiger partial charge in [-0.15, -0.1) is 0 Å². The molecule has 1 aliphatic heterocycles. The smallest absolute Gasteiger partial charge is 0.0577 e. The van der Waals surface area contributed by atoms with E-state index in [0.29, 0.717) is 0 Å². The Kier molecular flexibility index (Phi) is 5.59. The first kappa shape index (κ1) is 15.2. The fourth-order valence-electron chi connectivity index (χ4n) is 3.02. The minimum absolute atomic E-state index is 0.269. The standard InChI is InChI=1S/C19H25N3/c1-3-7-17(8-4-1)19(18-9-5-2-6-10-18)21-13-16-22-14-11-20-12-15-22/h1-10,19-21H,11-16H2. The van der Waals surface area contributed by atoms with Crippen LogP contribution < -0.4 is 10.6 Å². The van der Waals surface area contributed by atoms with E-state index >= 15 is 0 Å². The highest BCUT2D eigenvalue weighted by molar-refractivity contribution is 5.31. The molecule has 1 fully saturated rings. The topological polar surface area (TPSA) is 27.3 Å². The maximum Gasteiger partial charge on any atom is 0.0577 e. The quantitative estimate of drug-likeness (QED) is 0.856. The highest BCUT2D eigenvalue weighted by Crippen LogP contribution is 2.21. The van der Waals surface area contributed by atoms with Crippen molar-refractivity contribution in [2.45, 2.75) is 6.04 Å². The third kappa shape index (κ3) is 4.17. The van der Waals surface area contributed by atoms with E-state index in [-0.39, 0.29) is 6.04 Å². The van der Waals surface area contributed by atoms with Crippen molar-refractivity contribution in [2.24, 2.45) is 0 Å². The molecule has 0 unspecified atom stereocenters. The van der Waals surface area contributed by atoms with Gasteiger partial charge in [-0.05, 0) is 11.1 Å². The molecule has 0 atom stereocenters. The Morgan fingerprint density at radius 1 is 0.864 bits per heavy atom. The van der Waals surface area contributed by atoms with Crippen molar-refractivity contribution in [3.63, 3.8) is 0 Å². The second-order valence-corrected chi connectivity index (χ2v) is 5.80. The summed E-state index contributed by atoms with van der Waals surface area (Å²) in [5.74, 6) is 0. The molecule has 0 radical (unpaired) electrons. The van der Waals surface area contributed by atoms with Gasteiger partial charge in [0.05, 0.1) is 6.04 Å². The summed E-state index contributed by atoms with van der Waals surface area (Å²) in [6, 6.07) is 21.7. The van der Waals surface area contributed by atoms with E-state index in [1.54, 1.807) is 0 Å². The lowest BCUT2D eigenvalue weighted by atomic mass is 9.99. The zero-order valence-corrected chi connectivity index (χ0v) is 13.0. The molecule has 1 saturated heterocycles. The molecule has 3 heteroatoms. The van der Waals surface area contributed by atoms with E-state index in [1.807, 2.05) is 0 Å². The number of nitrogens with zero attached hydrogens (tertiary/aromatic N) is 1. The normalized spacial score (nSPS) is 16.0. The second-order valence-electron chi connectivity index (χ2n) is 5.80. The van der Waals surface area contributed by atoms with Crippen LogP contribution in [0.2, 0.25) is 0 Å². The van der Waals surface area contributed by atoms with Crippen LogP contribution in [0.4, 0.5) is 0 Å². The molecular weight excluding hydrogens is 270 g/mol. The van der Waals surface area contributed by atoms with Gasteiger partial charge in [0.1, 0.15) is 0 Å². The lowest BCUT2D eigenvalue weighted by molar-refractivity contribution is 0.239. The highest BCUT2D eigenvalue weighted by Gasteiger charge is 2.14. The lowest BCUT2D eigenvalue weighted by Crippen LogP contribution is -2.46. The molecule has 0 amide bonds. The Hall–Kier alpha value is -1.68. The molecule has 0 aromatic heterocycles. The fraction of sp³-hybridized carbons (Fsp3) is 0.368. The number of piperazine rings is 1.